The van der Waals surface area contributed by atoms with Gasteiger partial charge in [0.15, 0.2) is 11.5 Å². The monoisotopic (exact) mass is 420 g/mol. The number of benzene rings is 2. The van der Waals surface area contributed by atoms with Gasteiger partial charge in [0.1, 0.15) is 0 Å². The van der Waals surface area contributed by atoms with Crippen molar-refractivity contribution in [2.45, 2.75) is 31.7 Å². The largest absolute Gasteiger partial charge is 0.490 e. The highest BCUT2D eigenvalue weighted by Crippen LogP contribution is 2.30. The van der Waals surface area contributed by atoms with E-state index < -0.39 is 15.9 Å². The van der Waals surface area contributed by atoms with Gasteiger partial charge in [-0.05, 0) is 50.6 Å². The van der Waals surface area contributed by atoms with Gasteiger partial charge in [0.05, 0.1) is 30.7 Å². The number of sulfonamides is 1. The Bertz CT molecular complexity index is 916. The average Bonchev–Trinajstić information content (AvgIpc) is 2.70. The summed E-state index contributed by atoms with van der Waals surface area (Å²) >= 11 is 0. The number of ether oxygens (including phenoxy) is 2. The molecule has 2 aromatic rings. The molecule has 0 aromatic heterocycles. The summed E-state index contributed by atoms with van der Waals surface area (Å²) in [5.41, 5.74) is 0.832. The Balaban J connectivity index is 2.06. The van der Waals surface area contributed by atoms with Gasteiger partial charge in [-0.3, -0.25) is 4.79 Å². The van der Waals surface area contributed by atoms with E-state index in [9.17, 15) is 13.2 Å². The minimum atomic E-state index is -3.72. The second-order valence-electron chi connectivity index (χ2n) is 6.44. The normalized spacial score (nSPS) is 12.4. The van der Waals surface area contributed by atoms with E-state index in [1.54, 1.807) is 24.3 Å². The highest BCUT2D eigenvalue weighted by Gasteiger charge is 2.23. The summed E-state index contributed by atoms with van der Waals surface area (Å²) in [5, 5.41) is 2.83. The fourth-order valence-electron chi connectivity index (χ4n) is 2.77. The van der Waals surface area contributed by atoms with Crippen LogP contribution in [-0.4, -0.2) is 45.4 Å². The maximum Gasteiger partial charge on any atom is 0.243 e. The Kier molecular flexibility index (Phi) is 8.04. The molecule has 0 fully saturated rings. The maximum atomic E-state index is 12.6. The quantitative estimate of drug-likeness (QED) is 0.639. The third-order valence-electron chi connectivity index (χ3n) is 4.26. The number of amides is 1. The van der Waals surface area contributed by atoms with E-state index in [1.165, 1.54) is 19.2 Å². The highest BCUT2D eigenvalue weighted by atomic mass is 32.2. The van der Waals surface area contributed by atoms with Crippen LogP contribution in [0, 0.1) is 0 Å². The first kappa shape index (κ1) is 22.7. The van der Waals surface area contributed by atoms with Gasteiger partial charge in [-0.25, -0.2) is 8.42 Å². The minimum absolute atomic E-state index is 0.149. The van der Waals surface area contributed by atoms with Crippen molar-refractivity contribution in [2.24, 2.45) is 0 Å². The lowest BCUT2D eigenvalue weighted by atomic mass is 10.1. The van der Waals surface area contributed by atoms with E-state index in [0.29, 0.717) is 24.7 Å². The highest BCUT2D eigenvalue weighted by molar-refractivity contribution is 7.89. The van der Waals surface area contributed by atoms with Gasteiger partial charge in [-0.1, -0.05) is 24.3 Å². The fraction of sp³-hybridized carbons (Fsp3) is 0.381. The molecule has 0 unspecified atom stereocenters. The van der Waals surface area contributed by atoms with Crippen molar-refractivity contribution >= 4 is 15.9 Å². The third-order valence-corrected chi connectivity index (χ3v) is 6.08. The summed E-state index contributed by atoms with van der Waals surface area (Å²) in [6.45, 7) is 6.34. The number of hydrogen-bond acceptors (Lipinski definition) is 5. The predicted octanol–water partition coefficient (Wildman–Crippen LogP) is 2.98. The second kappa shape index (κ2) is 10.3. The number of hydrogen-bond donors (Lipinski definition) is 1. The van der Waals surface area contributed by atoms with Crippen molar-refractivity contribution in [1.82, 2.24) is 9.62 Å². The second-order valence-corrected chi connectivity index (χ2v) is 8.48. The molecule has 0 aliphatic heterocycles. The van der Waals surface area contributed by atoms with Crippen LogP contribution in [0.4, 0.5) is 0 Å². The Hall–Kier alpha value is -2.58. The van der Waals surface area contributed by atoms with Gasteiger partial charge in [-0.2, -0.15) is 4.31 Å². The van der Waals surface area contributed by atoms with E-state index in [4.69, 9.17) is 9.47 Å². The predicted molar refractivity (Wildman–Crippen MR) is 112 cm³/mol. The van der Waals surface area contributed by atoms with Gasteiger partial charge in [-0.15, -0.1) is 0 Å². The molecule has 0 heterocycles. The first-order valence-electron chi connectivity index (χ1n) is 9.49. The number of nitrogens with zero attached hydrogens (tertiary/aromatic N) is 1. The topological polar surface area (TPSA) is 84.9 Å². The minimum Gasteiger partial charge on any atom is -0.490 e. The van der Waals surface area contributed by atoms with E-state index in [0.717, 1.165) is 9.87 Å². The molecule has 0 spiro atoms. The molecule has 0 radical (unpaired) electrons. The third kappa shape index (κ3) is 5.95. The van der Waals surface area contributed by atoms with Crippen molar-refractivity contribution in [2.75, 3.05) is 26.8 Å². The van der Waals surface area contributed by atoms with Gasteiger partial charge in [0.25, 0.3) is 0 Å². The summed E-state index contributed by atoms with van der Waals surface area (Å²) in [6.07, 6.45) is 0. The molecular weight excluding hydrogens is 392 g/mol. The molecule has 0 saturated heterocycles. The smallest absolute Gasteiger partial charge is 0.243 e. The summed E-state index contributed by atoms with van der Waals surface area (Å²) in [4.78, 5) is 12.6. The molecule has 1 amide bonds. The first-order chi connectivity index (χ1) is 13.8. The Morgan fingerprint density at radius 3 is 2.28 bits per heavy atom. The van der Waals surface area contributed by atoms with Gasteiger partial charge in [0, 0.05) is 7.05 Å². The average molecular weight is 421 g/mol. The fourth-order valence-corrected chi connectivity index (χ4v) is 3.92. The molecule has 7 nitrogen and oxygen atoms in total. The molecule has 158 valence electrons. The zero-order valence-electron chi connectivity index (χ0n) is 17.2. The Labute approximate surface area is 172 Å². The van der Waals surface area contributed by atoms with Crippen LogP contribution in [0.1, 0.15) is 32.4 Å². The van der Waals surface area contributed by atoms with Crippen LogP contribution in [0.3, 0.4) is 0 Å². The van der Waals surface area contributed by atoms with Crippen LogP contribution >= 0.6 is 0 Å². The van der Waals surface area contributed by atoms with Crippen LogP contribution in [0.5, 0.6) is 11.5 Å². The van der Waals surface area contributed by atoms with Crippen LogP contribution < -0.4 is 14.8 Å². The van der Waals surface area contributed by atoms with Gasteiger partial charge >= 0.3 is 0 Å². The molecule has 2 rings (SSSR count). The van der Waals surface area contributed by atoms with Crippen LogP contribution in [0.25, 0.3) is 0 Å². The van der Waals surface area contributed by atoms with Crippen molar-refractivity contribution in [3.63, 3.8) is 0 Å². The van der Waals surface area contributed by atoms with Crippen LogP contribution in [0.2, 0.25) is 0 Å². The van der Waals surface area contributed by atoms with Crippen LogP contribution in [-0.2, 0) is 14.8 Å². The SMILES string of the molecule is CCOc1ccc([C@H](C)NC(=O)CN(C)S(=O)(=O)c2ccccc2)cc1OCC. The molecule has 1 N–H and O–H groups in total. The lowest BCUT2D eigenvalue weighted by molar-refractivity contribution is -0.121. The van der Waals surface area contributed by atoms with Gasteiger partial charge in [0.2, 0.25) is 15.9 Å². The van der Waals surface area contributed by atoms with Crippen molar-refractivity contribution in [3.05, 3.63) is 54.1 Å². The Morgan fingerprint density at radius 2 is 1.66 bits per heavy atom. The summed E-state index contributed by atoms with van der Waals surface area (Å²) < 4.78 is 37.3. The molecular formula is C21H28N2O5S. The first-order valence-corrected chi connectivity index (χ1v) is 10.9. The van der Waals surface area contributed by atoms with E-state index >= 15 is 0 Å². The molecule has 0 bridgehead atoms. The molecule has 2 aromatic carbocycles. The van der Waals surface area contributed by atoms with E-state index in [1.807, 2.05) is 32.9 Å². The van der Waals surface area contributed by atoms with Crippen LogP contribution in [0.15, 0.2) is 53.4 Å². The lowest BCUT2D eigenvalue weighted by Gasteiger charge is -2.20. The molecule has 29 heavy (non-hydrogen) atoms. The molecule has 0 saturated carbocycles. The Morgan fingerprint density at radius 1 is 1.03 bits per heavy atom. The summed E-state index contributed by atoms with van der Waals surface area (Å²) in [6, 6.07) is 13.2. The summed E-state index contributed by atoms with van der Waals surface area (Å²) in [5.74, 6) is 0.855. The molecule has 0 aliphatic carbocycles. The zero-order valence-corrected chi connectivity index (χ0v) is 18.0. The number of nitrogens with one attached hydrogen (secondary N) is 1. The number of carbonyl (C=O) groups excluding carboxylic acids is 1. The molecule has 0 aliphatic rings. The summed E-state index contributed by atoms with van der Waals surface area (Å²) in [7, 11) is -2.34. The molecule has 8 heteroatoms. The van der Waals surface area contributed by atoms with E-state index in [2.05, 4.69) is 5.32 Å². The number of likely N-dealkylation sites (N-methyl/N-ethyl adjacent to an activating group) is 1. The van der Waals surface area contributed by atoms with Crippen molar-refractivity contribution in [3.8, 4) is 11.5 Å². The van der Waals surface area contributed by atoms with E-state index in [-0.39, 0.29) is 17.5 Å². The lowest BCUT2D eigenvalue weighted by Crippen LogP contribution is -2.39. The van der Waals surface area contributed by atoms with Crippen molar-refractivity contribution in [1.29, 1.82) is 0 Å². The van der Waals surface area contributed by atoms with Gasteiger partial charge < -0.3 is 14.8 Å². The van der Waals surface area contributed by atoms with Crippen molar-refractivity contribution < 1.29 is 22.7 Å². The standard InChI is InChI=1S/C21H28N2O5S/c1-5-27-19-13-12-17(14-20(19)28-6-2)16(3)22-21(24)15-23(4)29(25,26)18-10-8-7-9-11-18/h7-14,16H,5-6,15H2,1-4H3,(H,22,24)/t16-/m0/s1. The number of rotatable bonds is 10. The molecule has 1 atom stereocenters. The maximum absolute atomic E-state index is 12.6. The number of carbonyl (C=O) groups is 1. The zero-order chi connectivity index (χ0) is 21.4.